The number of aromatic nitrogens is 1. The van der Waals surface area contributed by atoms with Crippen LogP contribution in [-0.4, -0.2) is 28.1 Å². The fraction of sp³-hybridized carbons (Fsp3) is 0.375. The first-order chi connectivity index (χ1) is 9.99. The van der Waals surface area contributed by atoms with E-state index in [0.717, 1.165) is 30.1 Å². The molecular weight excluding hydrogens is 284 g/mol. The molecule has 0 radical (unpaired) electrons. The van der Waals surface area contributed by atoms with Gasteiger partial charge in [-0.3, -0.25) is 0 Å². The maximum atomic E-state index is 11.5. The predicted octanol–water partition coefficient (Wildman–Crippen LogP) is 3.89. The Balaban J connectivity index is 2.07. The SMILES string of the molecule is CC1(C)CCCN1c1nc(-c2ccccc2)c(C(=O)O)s1. The van der Waals surface area contributed by atoms with Crippen LogP contribution in [0.3, 0.4) is 0 Å². The second-order valence-electron chi connectivity index (χ2n) is 5.91. The first-order valence-electron chi connectivity index (χ1n) is 7.06. The van der Waals surface area contributed by atoms with Crippen molar-refractivity contribution < 1.29 is 9.90 Å². The predicted molar refractivity (Wildman–Crippen MR) is 85.2 cm³/mol. The van der Waals surface area contributed by atoms with Gasteiger partial charge in [-0.2, -0.15) is 0 Å². The molecule has 1 aliphatic heterocycles. The normalized spacial score (nSPS) is 17.1. The third-order valence-electron chi connectivity index (χ3n) is 3.99. The summed E-state index contributed by atoms with van der Waals surface area (Å²) in [6.45, 7) is 5.31. The zero-order chi connectivity index (χ0) is 15.0. The Hall–Kier alpha value is -1.88. The average molecular weight is 302 g/mol. The van der Waals surface area contributed by atoms with Gasteiger partial charge in [-0.25, -0.2) is 9.78 Å². The Morgan fingerprint density at radius 1 is 1.33 bits per heavy atom. The van der Waals surface area contributed by atoms with Crippen molar-refractivity contribution in [2.75, 3.05) is 11.4 Å². The molecule has 0 atom stereocenters. The van der Waals surface area contributed by atoms with Gasteiger partial charge in [-0.05, 0) is 26.7 Å². The largest absolute Gasteiger partial charge is 0.477 e. The molecule has 1 aromatic carbocycles. The Morgan fingerprint density at radius 2 is 2.05 bits per heavy atom. The van der Waals surface area contributed by atoms with Crippen LogP contribution in [0.1, 0.15) is 36.4 Å². The molecular formula is C16H18N2O2S. The van der Waals surface area contributed by atoms with Crippen molar-refractivity contribution in [1.82, 2.24) is 4.98 Å². The van der Waals surface area contributed by atoms with Gasteiger partial charge in [-0.1, -0.05) is 41.7 Å². The van der Waals surface area contributed by atoms with Crippen LogP contribution >= 0.6 is 11.3 Å². The molecule has 21 heavy (non-hydrogen) atoms. The highest BCUT2D eigenvalue weighted by Gasteiger charge is 2.35. The summed E-state index contributed by atoms with van der Waals surface area (Å²) in [5.41, 5.74) is 1.47. The van der Waals surface area contributed by atoms with Gasteiger partial charge in [-0.15, -0.1) is 0 Å². The molecule has 0 unspecified atom stereocenters. The topological polar surface area (TPSA) is 53.4 Å². The van der Waals surface area contributed by atoms with E-state index < -0.39 is 5.97 Å². The third kappa shape index (κ3) is 2.53. The number of anilines is 1. The monoisotopic (exact) mass is 302 g/mol. The van der Waals surface area contributed by atoms with E-state index >= 15 is 0 Å². The Bertz CT molecular complexity index is 664. The number of benzene rings is 1. The van der Waals surface area contributed by atoms with E-state index in [1.807, 2.05) is 30.3 Å². The second kappa shape index (κ2) is 5.15. The average Bonchev–Trinajstić information content (AvgIpc) is 3.02. The molecule has 5 heteroatoms. The molecule has 110 valence electrons. The smallest absolute Gasteiger partial charge is 0.348 e. The Morgan fingerprint density at radius 3 is 2.62 bits per heavy atom. The van der Waals surface area contributed by atoms with Gasteiger partial charge in [0.05, 0.1) is 5.69 Å². The van der Waals surface area contributed by atoms with E-state index in [9.17, 15) is 9.90 Å². The van der Waals surface area contributed by atoms with Gasteiger partial charge in [0.2, 0.25) is 0 Å². The summed E-state index contributed by atoms with van der Waals surface area (Å²) in [6, 6.07) is 9.53. The number of hydrogen-bond donors (Lipinski definition) is 1. The lowest BCUT2D eigenvalue weighted by Crippen LogP contribution is -2.37. The number of carboxylic acids is 1. The number of hydrogen-bond acceptors (Lipinski definition) is 4. The summed E-state index contributed by atoms with van der Waals surface area (Å²) in [7, 11) is 0. The fourth-order valence-corrected chi connectivity index (χ4v) is 3.94. The maximum Gasteiger partial charge on any atom is 0.348 e. The molecule has 0 aliphatic carbocycles. The molecule has 0 amide bonds. The zero-order valence-electron chi connectivity index (χ0n) is 12.2. The Labute approximate surface area is 128 Å². The lowest BCUT2D eigenvalue weighted by atomic mass is 10.0. The van der Waals surface area contributed by atoms with Crippen molar-refractivity contribution in [3.8, 4) is 11.3 Å². The number of carbonyl (C=O) groups is 1. The summed E-state index contributed by atoms with van der Waals surface area (Å²) < 4.78 is 0. The minimum absolute atomic E-state index is 0.0432. The second-order valence-corrected chi connectivity index (χ2v) is 6.89. The summed E-state index contributed by atoms with van der Waals surface area (Å²) in [4.78, 5) is 18.7. The van der Waals surface area contributed by atoms with Crippen LogP contribution in [0.4, 0.5) is 5.13 Å². The van der Waals surface area contributed by atoms with Crippen molar-refractivity contribution >= 4 is 22.4 Å². The van der Waals surface area contributed by atoms with E-state index in [-0.39, 0.29) is 5.54 Å². The van der Waals surface area contributed by atoms with Gasteiger partial charge in [0, 0.05) is 17.6 Å². The summed E-state index contributed by atoms with van der Waals surface area (Å²) in [5, 5.41) is 10.3. The molecule has 4 nitrogen and oxygen atoms in total. The highest BCUT2D eigenvalue weighted by Crippen LogP contribution is 2.39. The molecule has 2 aromatic rings. The number of rotatable bonds is 3. The van der Waals surface area contributed by atoms with Gasteiger partial charge < -0.3 is 10.0 Å². The Kier molecular flexibility index (Phi) is 3.45. The van der Waals surface area contributed by atoms with E-state index in [2.05, 4.69) is 23.7 Å². The molecule has 0 saturated carbocycles. The van der Waals surface area contributed by atoms with Crippen LogP contribution in [0.25, 0.3) is 11.3 Å². The van der Waals surface area contributed by atoms with E-state index in [1.165, 1.54) is 11.3 Å². The van der Waals surface area contributed by atoms with Crippen molar-refractivity contribution in [2.24, 2.45) is 0 Å². The van der Waals surface area contributed by atoms with Crippen LogP contribution in [-0.2, 0) is 0 Å². The van der Waals surface area contributed by atoms with Crippen LogP contribution in [0.2, 0.25) is 0 Å². The van der Waals surface area contributed by atoms with Crippen molar-refractivity contribution in [1.29, 1.82) is 0 Å². The van der Waals surface area contributed by atoms with E-state index in [4.69, 9.17) is 0 Å². The fourth-order valence-electron chi connectivity index (χ4n) is 2.82. The van der Waals surface area contributed by atoms with Gasteiger partial charge in [0.15, 0.2) is 5.13 Å². The molecule has 1 fully saturated rings. The van der Waals surface area contributed by atoms with E-state index in [0.29, 0.717) is 10.6 Å². The lowest BCUT2D eigenvalue weighted by Gasteiger charge is -2.31. The maximum absolute atomic E-state index is 11.5. The highest BCUT2D eigenvalue weighted by molar-refractivity contribution is 7.17. The minimum Gasteiger partial charge on any atom is -0.477 e. The van der Waals surface area contributed by atoms with Gasteiger partial charge in [0.1, 0.15) is 4.88 Å². The summed E-state index contributed by atoms with van der Waals surface area (Å²) in [6.07, 6.45) is 2.23. The standard InChI is InChI=1S/C16H18N2O2S/c1-16(2)9-6-10-18(16)15-17-12(13(21-15)14(19)20)11-7-4-3-5-8-11/h3-5,7-8H,6,9-10H2,1-2H3,(H,19,20). The van der Waals surface area contributed by atoms with Gasteiger partial charge in [0.25, 0.3) is 0 Å². The minimum atomic E-state index is -0.908. The first-order valence-corrected chi connectivity index (χ1v) is 7.88. The van der Waals surface area contributed by atoms with Crippen molar-refractivity contribution in [3.05, 3.63) is 35.2 Å². The first kappa shape index (κ1) is 14.1. The zero-order valence-corrected chi connectivity index (χ0v) is 13.0. The van der Waals surface area contributed by atoms with Gasteiger partial charge >= 0.3 is 5.97 Å². The summed E-state index contributed by atoms with van der Waals surface area (Å²) >= 11 is 1.28. The van der Waals surface area contributed by atoms with Crippen molar-refractivity contribution in [2.45, 2.75) is 32.2 Å². The van der Waals surface area contributed by atoms with Crippen LogP contribution in [0, 0.1) is 0 Å². The molecule has 2 heterocycles. The molecule has 1 N–H and O–H groups in total. The van der Waals surface area contributed by atoms with E-state index in [1.54, 1.807) is 0 Å². The molecule has 0 bridgehead atoms. The van der Waals surface area contributed by atoms with Crippen LogP contribution < -0.4 is 4.90 Å². The molecule has 1 aliphatic rings. The van der Waals surface area contributed by atoms with Crippen LogP contribution in [0.5, 0.6) is 0 Å². The molecule has 0 spiro atoms. The molecule has 1 saturated heterocycles. The molecule has 3 rings (SSSR count). The van der Waals surface area contributed by atoms with Crippen molar-refractivity contribution in [3.63, 3.8) is 0 Å². The summed E-state index contributed by atoms with van der Waals surface area (Å²) in [5.74, 6) is -0.908. The van der Waals surface area contributed by atoms with Crippen LogP contribution in [0.15, 0.2) is 30.3 Å². The number of carboxylic acid groups (broad SMARTS) is 1. The third-order valence-corrected chi connectivity index (χ3v) is 5.06. The number of aromatic carboxylic acids is 1. The number of nitrogens with zero attached hydrogens (tertiary/aromatic N) is 2. The number of thiazole rings is 1. The lowest BCUT2D eigenvalue weighted by molar-refractivity contribution is 0.0702. The molecule has 1 aromatic heterocycles. The highest BCUT2D eigenvalue weighted by atomic mass is 32.1. The quantitative estimate of drug-likeness (QED) is 0.934.